The number of hydrogen-bond acceptors (Lipinski definition) is 3. The van der Waals surface area contributed by atoms with Crippen LogP contribution in [0.1, 0.15) is 10.4 Å². The van der Waals surface area contributed by atoms with Crippen molar-refractivity contribution in [3.8, 4) is 0 Å². The normalized spacial score (nSPS) is 10.1. The van der Waals surface area contributed by atoms with Crippen LogP contribution in [0.2, 0.25) is 10.2 Å². The van der Waals surface area contributed by atoms with Gasteiger partial charge in [-0.15, -0.1) is 0 Å². The molecule has 0 bridgehead atoms. The highest BCUT2D eigenvalue weighted by atomic mass is 35.5. The summed E-state index contributed by atoms with van der Waals surface area (Å²) in [6.45, 7) is 0. The number of hydrogen-bond donors (Lipinski definition) is 2. The number of carbonyl (C=O) groups is 1. The summed E-state index contributed by atoms with van der Waals surface area (Å²) in [5, 5.41) is 3.33. The maximum atomic E-state index is 11.9. The summed E-state index contributed by atoms with van der Waals surface area (Å²) >= 11 is 11.5. The number of rotatable bonds is 2. The zero-order valence-electron chi connectivity index (χ0n) is 9.15. The molecule has 4 nitrogen and oxygen atoms in total. The number of nitrogens with zero attached hydrogens (tertiary/aromatic N) is 1. The molecule has 92 valence electrons. The van der Waals surface area contributed by atoms with Crippen molar-refractivity contribution in [2.75, 3.05) is 11.1 Å². The molecular weight excluding hydrogens is 273 g/mol. The first kappa shape index (κ1) is 12.7. The smallest absolute Gasteiger partial charge is 0.256 e. The number of nitrogen functional groups attached to an aromatic ring is 1. The quantitative estimate of drug-likeness (QED) is 0.656. The summed E-state index contributed by atoms with van der Waals surface area (Å²) in [6.07, 6.45) is 0. The van der Waals surface area contributed by atoms with E-state index in [4.69, 9.17) is 28.9 Å². The molecule has 2 aromatic rings. The number of pyridine rings is 1. The summed E-state index contributed by atoms with van der Waals surface area (Å²) in [7, 11) is 0. The summed E-state index contributed by atoms with van der Waals surface area (Å²) in [5.74, 6) is 0.0501. The lowest BCUT2D eigenvalue weighted by Crippen LogP contribution is -2.13. The van der Waals surface area contributed by atoms with E-state index >= 15 is 0 Å². The van der Waals surface area contributed by atoms with E-state index in [-0.39, 0.29) is 5.91 Å². The molecule has 0 aliphatic rings. The topological polar surface area (TPSA) is 68.0 Å². The van der Waals surface area contributed by atoms with Gasteiger partial charge in [-0.2, -0.15) is 0 Å². The van der Waals surface area contributed by atoms with Crippen LogP contribution in [0.4, 0.5) is 11.5 Å². The molecule has 0 unspecified atom stereocenters. The third kappa shape index (κ3) is 2.91. The zero-order valence-corrected chi connectivity index (χ0v) is 10.7. The highest BCUT2D eigenvalue weighted by Crippen LogP contribution is 2.20. The van der Waals surface area contributed by atoms with Gasteiger partial charge in [-0.3, -0.25) is 4.79 Å². The minimum Gasteiger partial charge on any atom is -0.398 e. The SMILES string of the molecule is Nc1cc(C(=O)Nc2cccc(Cl)n2)ccc1Cl. The van der Waals surface area contributed by atoms with Gasteiger partial charge in [0, 0.05) is 5.56 Å². The standard InChI is InChI=1S/C12H9Cl2N3O/c13-8-5-4-7(6-9(8)15)12(18)17-11-3-1-2-10(14)16-11/h1-6H,15H2,(H,16,17,18). The lowest BCUT2D eigenvalue weighted by Gasteiger charge is -2.06. The van der Waals surface area contributed by atoms with Crippen molar-refractivity contribution in [3.63, 3.8) is 0 Å². The second-order valence-electron chi connectivity index (χ2n) is 3.54. The van der Waals surface area contributed by atoms with Crippen molar-refractivity contribution >= 4 is 40.6 Å². The van der Waals surface area contributed by atoms with Crippen LogP contribution in [0.5, 0.6) is 0 Å². The maximum absolute atomic E-state index is 11.9. The fraction of sp³-hybridized carbons (Fsp3) is 0. The van der Waals surface area contributed by atoms with E-state index in [2.05, 4.69) is 10.3 Å². The van der Waals surface area contributed by atoms with E-state index in [1.165, 1.54) is 6.07 Å². The number of halogens is 2. The lowest BCUT2D eigenvalue weighted by atomic mass is 10.2. The molecule has 0 aliphatic carbocycles. The molecule has 6 heteroatoms. The third-order valence-electron chi connectivity index (χ3n) is 2.21. The Balaban J connectivity index is 2.19. The highest BCUT2D eigenvalue weighted by molar-refractivity contribution is 6.33. The molecule has 1 aromatic carbocycles. The van der Waals surface area contributed by atoms with Crippen molar-refractivity contribution in [1.82, 2.24) is 4.98 Å². The molecule has 0 radical (unpaired) electrons. The molecular formula is C12H9Cl2N3O. The van der Waals surface area contributed by atoms with Gasteiger partial charge < -0.3 is 11.1 Å². The third-order valence-corrected chi connectivity index (χ3v) is 2.77. The Labute approximate surface area is 114 Å². The van der Waals surface area contributed by atoms with Crippen LogP contribution in [0.3, 0.4) is 0 Å². The summed E-state index contributed by atoms with van der Waals surface area (Å²) in [6, 6.07) is 9.61. The second-order valence-corrected chi connectivity index (χ2v) is 4.33. The first-order valence-corrected chi connectivity index (χ1v) is 5.81. The van der Waals surface area contributed by atoms with Gasteiger partial charge in [0.2, 0.25) is 0 Å². The molecule has 0 atom stereocenters. The van der Waals surface area contributed by atoms with Crippen LogP contribution in [0, 0.1) is 0 Å². The zero-order chi connectivity index (χ0) is 13.1. The van der Waals surface area contributed by atoms with Crippen LogP contribution < -0.4 is 11.1 Å². The van der Waals surface area contributed by atoms with E-state index in [1.54, 1.807) is 30.3 Å². The number of anilines is 2. The minimum absolute atomic E-state index is 0.309. The molecule has 1 aromatic heterocycles. The lowest BCUT2D eigenvalue weighted by molar-refractivity contribution is 0.102. The predicted molar refractivity (Wildman–Crippen MR) is 73.1 cm³/mol. The van der Waals surface area contributed by atoms with Crippen molar-refractivity contribution in [2.45, 2.75) is 0 Å². The molecule has 0 aliphatic heterocycles. The fourth-order valence-electron chi connectivity index (χ4n) is 1.35. The monoisotopic (exact) mass is 281 g/mol. The van der Waals surface area contributed by atoms with Crippen LogP contribution in [0.15, 0.2) is 36.4 Å². The Kier molecular flexibility index (Phi) is 3.69. The summed E-state index contributed by atoms with van der Waals surface area (Å²) in [5.41, 5.74) is 6.38. The molecule has 0 fully saturated rings. The average Bonchev–Trinajstić information content (AvgIpc) is 2.32. The van der Waals surface area contributed by atoms with Crippen LogP contribution >= 0.6 is 23.2 Å². The number of nitrogens with one attached hydrogen (secondary N) is 1. The maximum Gasteiger partial charge on any atom is 0.256 e. The Bertz CT molecular complexity index is 602. The van der Waals surface area contributed by atoms with Crippen molar-refractivity contribution in [3.05, 3.63) is 52.1 Å². The van der Waals surface area contributed by atoms with E-state index in [9.17, 15) is 4.79 Å². The molecule has 3 N–H and O–H groups in total. The van der Waals surface area contributed by atoms with E-state index < -0.39 is 0 Å². The van der Waals surface area contributed by atoms with Gasteiger partial charge >= 0.3 is 0 Å². The number of nitrogens with two attached hydrogens (primary N) is 1. The van der Waals surface area contributed by atoms with Crippen LogP contribution in [0.25, 0.3) is 0 Å². The molecule has 18 heavy (non-hydrogen) atoms. The molecule has 2 rings (SSSR count). The molecule has 1 heterocycles. The van der Waals surface area contributed by atoms with Gasteiger partial charge in [0.1, 0.15) is 11.0 Å². The first-order chi connectivity index (χ1) is 8.56. The fourth-order valence-corrected chi connectivity index (χ4v) is 1.63. The Hall–Kier alpha value is -1.78. The van der Waals surface area contributed by atoms with Gasteiger partial charge in [0.05, 0.1) is 10.7 Å². The van der Waals surface area contributed by atoms with E-state index in [1.807, 2.05) is 0 Å². The predicted octanol–water partition coefficient (Wildman–Crippen LogP) is 3.22. The molecule has 1 amide bonds. The second kappa shape index (κ2) is 5.25. The number of benzene rings is 1. The van der Waals surface area contributed by atoms with Gasteiger partial charge in [-0.25, -0.2) is 4.98 Å². The van der Waals surface area contributed by atoms with E-state index in [0.717, 1.165) is 0 Å². The number of carbonyl (C=O) groups excluding carboxylic acids is 1. The first-order valence-electron chi connectivity index (χ1n) is 5.05. The number of amides is 1. The Morgan fingerprint density at radius 1 is 1.22 bits per heavy atom. The Morgan fingerprint density at radius 3 is 2.67 bits per heavy atom. The van der Waals surface area contributed by atoms with Crippen LogP contribution in [-0.2, 0) is 0 Å². The molecule has 0 spiro atoms. The van der Waals surface area contributed by atoms with Crippen molar-refractivity contribution in [1.29, 1.82) is 0 Å². The minimum atomic E-state index is -0.326. The Morgan fingerprint density at radius 2 is 2.00 bits per heavy atom. The van der Waals surface area contributed by atoms with Crippen LogP contribution in [-0.4, -0.2) is 10.9 Å². The average molecular weight is 282 g/mol. The van der Waals surface area contributed by atoms with Gasteiger partial charge in [-0.1, -0.05) is 29.3 Å². The largest absolute Gasteiger partial charge is 0.398 e. The summed E-state index contributed by atoms with van der Waals surface area (Å²) in [4.78, 5) is 15.9. The van der Waals surface area contributed by atoms with Gasteiger partial charge in [0.25, 0.3) is 5.91 Å². The molecule has 0 saturated carbocycles. The number of aromatic nitrogens is 1. The highest BCUT2D eigenvalue weighted by Gasteiger charge is 2.08. The van der Waals surface area contributed by atoms with Crippen molar-refractivity contribution < 1.29 is 4.79 Å². The van der Waals surface area contributed by atoms with Crippen molar-refractivity contribution in [2.24, 2.45) is 0 Å². The van der Waals surface area contributed by atoms with Gasteiger partial charge in [-0.05, 0) is 30.3 Å². The summed E-state index contributed by atoms with van der Waals surface area (Å²) < 4.78 is 0. The molecule has 0 saturated heterocycles. The van der Waals surface area contributed by atoms with Gasteiger partial charge in [0.15, 0.2) is 0 Å². The van der Waals surface area contributed by atoms with E-state index in [0.29, 0.717) is 27.2 Å².